The molecule has 1 aliphatic heterocycles. The SMILES string of the molecule is CCN(CC)C(N)=NCC(c1ccc(C)cc1)N1CCOCC1.I. The fraction of sp³-hybridized carbons (Fsp3) is 0.611. The van der Waals surface area contributed by atoms with Crippen LogP contribution >= 0.6 is 24.0 Å². The Bertz CT molecular complexity index is 496. The molecule has 1 heterocycles. The molecule has 24 heavy (non-hydrogen) atoms. The Morgan fingerprint density at radius 2 is 1.79 bits per heavy atom. The number of guanidine groups is 1. The van der Waals surface area contributed by atoms with Crippen molar-refractivity contribution in [2.75, 3.05) is 45.9 Å². The molecule has 1 aromatic carbocycles. The van der Waals surface area contributed by atoms with Crippen LogP contribution in [0.25, 0.3) is 0 Å². The summed E-state index contributed by atoms with van der Waals surface area (Å²) in [5.41, 5.74) is 8.73. The molecule has 136 valence electrons. The first-order chi connectivity index (χ1) is 11.2. The van der Waals surface area contributed by atoms with E-state index in [2.05, 4.69) is 59.8 Å². The molecule has 2 rings (SSSR count). The van der Waals surface area contributed by atoms with Crippen LogP contribution in [-0.2, 0) is 4.74 Å². The van der Waals surface area contributed by atoms with Crippen molar-refractivity contribution < 1.29 is 4.74 Å². The first-order valence-corrected chi connectivity index (χ1v) is 8.59. The average molecular weight is 446 g/mol. The summed E-state index contributed by atoms with van der Waals surface area (Å²) in [6, 6.07) is 9.01. The Balaban J connectivity index is 0.00000288. The maximum absolute atomic E-state index is 6.15. The van der Waals surface area contributed by atoms with Crippen molar-refractivity contribution in [3.8, 4) is 0 Å². The van der Waals surface area contributed by atoms with E-state index in [0.717, 1.165) is 39.4 Å². The van der Waals surface area contributed by atoms with E-state index < -0.39 is 0 Å². The highest BCUT2D eigenvalue weighted by Crippen LogP contribution is 2.23. The number of aryl methyl sites for hydroxylation is 1. The lowest BCUT2D eigenvalue weighted by molar-refractivity contribution is 0.0179. The smallest absolute Gasteiger partial charge is 0.191 e. The third kappa shape index (κ3) is 5.89. The maximum atomic E-state index is 6.15. The molecule has 0 spiro atoms. The molecule has 0 radical (unpaired) electrons. The van der Waals surface area contributed by atoms with Crippen molar-refractivity contribution in [2.45, 2.75) is 26.8 Å². The van der Waals surface area contributed by atoms with Crippen LogP contribution in [0.15, 0.2) is 29.3 Å². The first kappa shape index (κ1) is 21.2. The second-order valence-electron chi connectivity index (χ2n) is 5.95. The monoisotopic (exact) mass is 446 g/mol. The van der Waals surface area contributed by atoms with Gasteiger partial charge in [-0.1, -0.05) is 29.8 Å². The molecule has 2 N–H and O–H groups in total. The van der Waals surface area contributed by atoms with Gasteiger partial charge in [-0.2, -0.15) is 0 Å². The number of benzene rings is 1. The number of morpholine rings is 1. The lowest BCUT2D eigenvalue weighted by atomic mass is 10.0. The molecular formula is C18H31IN4O. The standard InChI is InChI=1S/C18H30N4O.HI/c1-4-21(5-2)18(19)20-14-17(22-10-12-23-13-11-22)16-8-6-15(3)7-9-16;/h6-9,17H,4-5,10-14H2,1-3H3,(H2,19,20);1H. The second kappa shape index (κ2) is 10.9. The van der Waals surface area contributed by atoms with E-state index in [9.17, 15) is 0 Å². The largest absolute Gasteiger partial charge is 0.379 e. The minimum Gasteiger partial charge on any atom is -0.379 e. The summed E-state index contributed by atoms with van der Waals surface area (Å²) in [6.07, 6.45) is 0. The normalized spacial score (nSPS) is 17.2. The number of hydrogen-bond acceptors (Lipinski definition) is 3. The summed E-state index contributed by atoms with van der Waals surface area (Å²) >= 11 is 0. The zero-order valence-electron chi connectivity index (χ0n) is 15.1. The Morgan fingerprint density at radius 1 is 1.21 bits per heavy atom. The van der Waals surface area contributed by atoms with Gasteiger partial charge >= 0.3 is 0 Å². The molecule has 0 bridgehead atoms. The van der Waals surface area contributed by atoms with E-state index >= 15 is 0 Å². The first-order valence-electron chi connectivity index (χ1n) is 8.59. The van der Waals surface area contributed by atoms with Gasteiger partial charge in [-0.05, 0) is 26.3 Å². The zero-order valence-corrected chi connectivity index (χ0v) is 17.4. The van der Waals surface area contributed by atoms with Gasteiger partial charge in [0.1, 0.15) is 0 Å². The van der Waals surface area contributed by atoms with Crippen LogP contribution in [-0.4, -0.2) is 61.7 Å². The Labute approximate surface area is 163 Å². The van der Waals surface area contributed by atoms with E-state index in [-0.39, 0.29) is 30.0 Å². The number of nitrogens with two attached hydrogens (primary N) is 1. The Morgan fingerprint density at radius 3 is 2.33 bits per heavy atom. The van der Waals surface area contributed by atoms with Crippen molar-refractivity contribution in [1.29, 1.82) is 0 Å². The molecule has 1 atom stereocenters. The van der Waals surface area contributed by atoms with Gasteiger partial charge in [0.05, 0.1) is 25.8 Å². The maximum Gasteiger partial charge on any atom is 0.191 e. The van der Waals surface area contributed by atoms with E-state index in [1.807, 2.05) is 0 Å². The van der Waals surface area contributed by atoms with Crippen LogP contribution in [0.4, 0.5) is 0 Å². The molecule has 0 amide bonds. The van der Waals surface area contributed by atoms with Gasteiger partial charge in [0.25, 0.3) is 0 Å². The van der Waals surface area contributed by atoms with Crippen LogP contribution in [0.5, 0.6) is 0 Å². The van der Waals surface area contributed by atoms with Gasteiger partial charge in [-0.25, -0.2) is 0 Å². The summed E-state index contributed by atoms with van der Waals surface area (Å²) in [4.78, 5) is 9.22. The van der Waals surface area contributed by atoms with Gasteiger partial charge < -0.3 is 15.4 Å². The molecule has 0 aromatic heterocycles. The van der Waals surface area contributed by atoms with Gasteiger partial charge in [0.2, 0.25) is 0 Å². The van der Waals surface area contributed by atoms with Crippen molar-refractivity contribution >= 4 is 29.9 Å². The second-order valence-corrected chi connectivity index (χ2v) is 5.95. The predicted molar refractivity (Wildman–Crippen MR) is 111 cm³/mol. The third-order valence-electron chi connectivity index (χ3n) is 4.46. The summed E-state index contributed by atoms with van der Waals surface area (Å²) in [7, 11) is 0. The Hall–Kier alpha value is -0.860. The molecule has 1 fully saturated rings. The van der Waals surface area contributed by atoms with Crippen molar-refractivity contribution in [3.63, 3.8) is 0 Å². The minimum absolute atomic E-state index is 0. The highest BCUT2D eigenvalue weighted by Gasteiger charge is 2.22. The summed E-state index contributed by atoms with van der Waals surface area (Å²) in [5.74, 6) is 0.639. The molecular weight excluding hydrogens is 415 g/mol. The molecule has 1 aliphatic rings. The highest BCUT2D eigenvalue weighted by molar-refractivity contribution is 14.0. The fourth-order valence-corrected chi connectivity index (χ4v) is 2.94. The van der Waals surface area contributed by atoms with Gasteiger partial charge in [0.15, 0.2) is 5.96 Å². The van der Waals surface area contributed by atoms with Crippen molar-refractivity contribution in [3.05, 3.63) is 35.4 Å². The van der Waals surface area contributed by atoms with E-state index in [1.165, 1.54) is 11.1 Å². The predicted octanol–water partition coefficient (Wildman–Crippen LogP) is 2.64. The van der Waals surface area contributed by atoms with Crippen LogP contribution in [0.1, 0.15) is 31.0 Å². The number of aliphatic imine (C=N–C) groups is 1. The summed E-state index contributed by atoms with van der Waals surface area (Å²) < 4.78 is 5.49. The lowest BCUT2D eigenvalue weighted by Crippen LogP contribution is -2.41. The zero-order chi connectivity index (χ0) is 16.7. The number of halogens is 1. The molecule has 1 saturated heterocycles. The third-order valence-corrected chi connectivity index (χ3v) is 4.46. The van der Waals surface area contributed by atoms with Crippen molar-refractivity contribution in [2.24, 2.45) is 10.7 Å². The van der Waals surface area contributed by atoms with E-state index in [0.29, 0.717) is 12.5 Å². The van der Waals surface area contributed by atoms with Gasteiger partial charge in [-0.3, -0.25) is 9.89 Å². The number of rotatable bonds is 6. The molecule has 0 saturated carbocycles. The summed E-state index contributed by atoms with van der Waals surface area (Å²) in [5, 5.41) is 0. The number of ether oxygens (including phenoxy) is 1. The fourth-order valence-electron chi connectivity index (χ4n) is 2.94. The molecule has 1 unspecified atom stereocenters. The Kier molecular flexibility index (Phi) is 9.61. The van der Waals surface area contributed by atoms with Crippen LogP contribution in [0.2, 0.25) is 0 Å². The number of nitrogens with zero attached hydrogens (tertiary/aromatic N) is 3. The van der Waals surface area contributed by atoms with Gasteiger partial charge in [0, 0.05) is 26.2 Å². The quantitative estimate of drug-likeness (QED) is 0.415. The van der Waals surface area contributed by atoms with Crippen LogP contribution in [0.3, 0.4) is 0 Å². The molecule has 1 aromatic rings. The van der Waals surface area contributed by atoms with Crippen LogP contribution in [0, 0.1) is 6.92 Å². The minimum atomic E-state index is 0. The van der Waals surface area contributed by atoms with E-state index in [4.69, 9.17) is 10.5 Å². The topological polar surface area (TPSA) is 54.1 Å². The van der Waals surface area contributed by atoms with Crippen LogP contribution < -0.4 is 5.73 Å². The highest BCUT2D eigenvalue weighted by atomic mass is 127. The number of hydrogen-bond donors (Lipinski definition) is 1. The molecule has 5 nitrogen and oxygen atoms in total. The van der Waals surface area contributed by atoms with Crippen molar-refractivity contribution in [1.82, 2.24) is 9.80 Å². The molecule has 6 heteroatoms. The lowest BCUT2D eigenvalue weighted by Gasteiger charge is -2.34. The van der Waals surface area contributed by atoms with Gasteiger partial charge in [-0.15, -0.1) is 24.0 Å². The average Bonchev–Trinajstić information content (AvgIpc) is 2.58. The summed E-state index contributed by atoms with van der Waals surface area (Å²) in [6.45, 7) is 12.2. The van der Waals surface area contributed by atoms with E-state index in [1.54, 1.807) is 0 Å². The molecule has 0 aliphatic carbocycles.